The molecule has 0 fully saturated rings. The van der Waals surface area contributed by atoms with Crippen LogP contribution in [0, 0.1) is 11.3 Å². The molecule has 1 heterocycles. The van der Waals surface area contributed by atoms with Crippen LogP contribution < -0.4 is 9.47 Å². The zero-order valence-electron chi connectivity index (χ0n) is 16.3. The first-order valence-electron chi connectivity index (χ1n) is 9.53. The first-order valence-corrected chi connectivity index (χ1v) is 9.53. The molecular weight excluding hydrogens is 405 g/mol. The lowest BCUT2D eigenvalue weighted by Crippen LogP contribution is -2.08. The molecule has 0 aliphatic carbocycles. The summed E-state index contributed by atoms with van der Waals surface area (Å²) in [5, 5.41) is 9.68. The van der Waals surface area contributed by atoms with E-state index < -0.39 is 17.8 Å². The van der Waals surface area contributed by atoms with Crippen LogP contribution in [0.3, 0.4) is 0 Å². The number of nitriles is 1. The minimum atomic E-state index is -4.44. The van der Waals surface area contributed by atoms with Crippen LogP contribution in [0.5, 0.6) is 11.5 Å². The highest BCUT2D eigenvalue weighted by Crippen LogP contribution is 2.36. The number of hydrogen-bond donors (Lipinski definition) is 0. The van der Waals surface area contributed by atoms with Gasteiger partial charge >= 0.3 is 6.18 Å². The van der Waals surface area contributed by atoms with Crippen LogP contribution in [0.4, 0.5) is 13.2 Å². The second-order valence-corrected chi connectivity index (χ2v) is 6.98. The Morgan fingerprint density at radius 3 is 2.35 bits per heavy atom. The Morgan fingerprint density at radius 1 is 0.968 bits per heavy atom. The molecule has 1 atom stereocenters. The second kappa shape index (κ2) is 8.52. The molecule has 3 aromatic carbocycles. The highest BCUT2D eigenvalue weighted by Gasteiger charge is 2.30. The molecule has 7 heteroatoms. The van der Waals surface area contributed by atoms with Gasteiger partial charge in [0.25, 0.3) is 0 Å². The summed E-state index contributed by atoms with van der Waals surface area (Å²) in [5.74, 6) is 1.23. The van der Waals surface area contributed by atoms with Crippen molar-refractivity contribution in [3.63, 3.8) is 0 Å². The van der Waals surface area contributed by atoms with E-state index in [0.717, 1.165) is 23.3 Å². The number of nitrogens with zero attached hydrogens (tertiary/aromatic N) is 2. The number of alkyl halides is 3. The molecule has 0 aromatic heterocycles. The van der Waals surface area contributed by atoms with Crippen molar-refractivity contribution in [2.75, 3.05) is 6.79 Å². The molecule has 1 aliphatic heterocycles. The van der Waals surface area contributed by atoms with Crippen molar-refractivity contribution < 1.29 is 22.6 Å². The molecule has 3 aromatic rings. The van der Waals surface area contributed by atoms with Gasteiger partial charge in [-0.3, -0.25) is 4.99 Å². The molecule has 0 radical (unpaired) electrons. The van der Waals surface area contributed by atoms with Crippen molar-refractivity contribution >= 4 is 5.71 Å². The average molecular weight is 422 g/mol. The van der Waals surface area contributed by atoms with Crippen LogP contribution in [0.15, 0.2) is 77.8 Å². The molecule has 0 saturated heterocycles. The highest BCUT2D eigenvalue weighted by molar-refractivity contribution is 6.11. The molecule has 31 heavy (non-hydrogen) atoms. The fourth-order valence-electron chi connectivity index (χ4n) is 3.34. The van der Waals surface area contributed by atoms with E-state index in [2.05, 4.69) is 4.99 Å². The third-order valence-corrected chi connectivity index (χ3v) is 4.93. The van der Waals surface area contributed by atoms with E-state index in [1.54, 1.807) is 6.07 Å². The number of hydrogen-bond acceptors (Lipinski definition) is 4. The molecule has 0 unspecified atom stereocenters. The molecule has 0 saturated carbocycles. The molecular formula is C24H17F3N2O2. The largest absolute Gasteiger partial charge is 0.454 e. The monoisotopic (exact) mass is 422 g/mol. The fraction of sp³-hybridized carbons (Fsp3) is 0.167. The molecule has 156 valence electrons. The van der Waals surface area contributed by atoms with Crippen LogP contribution in [-0.4, -0.2) is 12.5 Å². The van der Waals surface area contributed by atoms with Gasteiger partial charge in [0.15, 0.2) is 11.5 Å². The van der Waals surface area contributed by atoms with Gasteiger partial charge in [0.05, 0.1) is 11.6 Å². The van der Waals surface area contributed by atoms with Gasteiger partial charge in [-0.1, -0.05) is 48.5 Å². The van der Waals surface area contributed by atoms with E-state index in [-0.39, 0.29) is 12.5 Å². The Balaban J connectivity index is 1.71. The SMILES string of the molecule is N#C/C(=N\[C@H](Cc1ccccc1)c1ccc2c(c1)OCO2)c1ccc(C(F)(F)F)cc1. The van der Waals surface area contributed by atoms with Crippen LogP contribution in [-0.2, 0) is 12.6 Å². The topological polar surface area (TPSA) is 54.6 Å². The summed E-state index contributed by atoms with van der Waals surface area (Å²) < 4.78 is 49.4. The lowest BCUT2D eigenvalue weighted by atomic mass is 9.98. The number of aliphatic imine (C=N–C) groups is 1. The summed E-state index contributed by atoms with van der Waals surface area (Å²) >= 11 is 0. The minimum Gasteiger partial charge on any atom is -0.454 e. The Hall–Kier alpha value is -3.79. The van der Waals surface area contributed by atoms with Crippen molar-refractivity contribution in [3.05, 3.63) is 95.1 Å². The minimum absolute atomic E-state index is 0.0623. The van der Waals surface area contributed by atoms with Crippen molar-refractivity contribution in [2.24, 2.45) is 4.99 Å². The lowest BCUT2D eigenvalue weighted by Gasteiger charge is -2.15. The summed E-state index contributed by atoms with van der Waals surface area (Å²) in [5.41, 5.74) is 1.44. The van der Waals surface area contributed by atoms with Crippen molar-refractivity contribution in [3.8, 4) is 17.6 Å². The van der Waals surface area contributed by atoms with Gasteiger partial charge in [-0.2, -0.15) is 18.4 Å². The Bertz CT molecular complexity index is 1130. The molecule has 0 bridgehead atoms. The maximum Gasteiger partial charge on any atom is 0.416 e. The number of benzene rings is 3. The number of halogens is 3. The average Bonchev–Trinajstić information content (AvgIpc) is 3.25. The van der Waals surface area contributed by atoms with Crippen molar-refractivity contribution in [1.82, 2.24) is 0 Å². The predicted molar refractivity (Wildman–Crippen MR) is 109 cm³/mol. The Morgan fingerprint density at radius 2 is 1.68 bits per heavy atom. The van der Waals surface area contributed by atoms with Gasteiger partial charge in [0.1, 0.15) is 11.8 Å². The summed E-state index contributed by atoms with van der Waals surface area (Å²) in [6.07, 6.45) is -3.93. The molecule has 4 rings (SSSR count). The molecule has 0 N–H and O–H groups in total. The van der Waals surface area contributed by atoms with Crippen molar-refractivity contribution in [1.29, 1.82) is 5.26 Å². The highest BCUT2D eigenvalue weighted by atomic mass is 19.4. The molecule has 0 spiro atoms. The van der Waals surface area contributed by atoms with Gasteiger partial charge < -0.3 is 9.47 Å². The first-order chi connectivity index (χ1) is 14.9. The zero-order valence-corrected chi connectivity index (χ0v) is 16.3. The summed E-state index contributed by atoms with van der Waals surface area (Å²) in [6, 6.07) is 21.1. The maximum atomic E-state index is 12.9. The third kappa shape index (κ3) is 4.69. The maximum absolute atomic E-state index is 12.9. The van der Waals surface area contributed by atoms with Crippen LogP contribution in [0.25, 0.3) is 0 Å². The quantitative estimate of drug-likeness (QED) is 0.494. The lowest BCUT2D eigenvalue weighted by molar-refractivity contribution is -0.137. The van der Waals surface area contributed by atoms with Gasteiger partial charge in [-0.25, -0.2) is 0 Å². The van der Waals surface area contributed by atoms with Gasteiger partial charge in [0, 0.05) is 5.56 Å². The normalized spacial score (nSPS) is 14.2. The van der Waals surface area contributed by atoms with E-state index in [9.17, 15) is 18.4 Å². The van der Waals surface area contributed by atoms with Crippen molar-refractivity contribution in [2.45, 2.75) is 18.6 Å². The second-order valence-electron chi connectivity index (χ2n) is 6.98. The molecule has 0 amide bonds. The third-order valence-electron chi connectivity index (χ3n) is 4.93. The van der Waals surface area contributed by atoms with Crippen LogP contribution in [0.1, 0.15) is 28.3 Å². The van der Waals surface area contributed by atoms with E-state index in [1.807, 2.05) is 48.5 Å². The Kier molecular flexibility index (Phi) is 5.63. The van der Waals surface area contributed by atoms with Gasteiger partial charge in [-0.05, 0) is 41.8 Å². The summed E-state index contributed by atoms with van der Waals surface area (Å²) in [4.78, 5) is 4.63. The summed E-state index contributed by atoms with van der Waals surface area (Å²) in [7, 11) is 0. The number of ether oxygens (including phenoxy) is 2. The van der Waals surface area contributed by atoms with Crippen LogP contribution >= 0.6 is 0 Å². The number of rotatable bonds is 5. The number of fused-ring (bicyclic) bond motifs is 1. The first kappa shape index (κ1) is 20.5. The van der Waals surface area contributed by atoms with Crippen LogP contribution in [0.2, 0.25) is 0 Å². The van der Waals surface area contributed by atoms with E-state index in [0.29, 0.717) is 23.5 Å². The predicted octanol–water partition coefficient (Wildman–Crippen LogP) is 5.73. The van der Waals surface area contributed by atoms with E-state index in [4.69, 9.17) is 9.47 Å². The van der Waals surface area contributed by atoms with Gasteiger partial charge in [0.2, 0.25) is 6.79 Å². The fourth-order valence-corrected chi connectivity index (χ4v) is 3.34. The summed E-state index contributed by atoms with van der Waals surface area (Å²) in [6.45, 7) is 0.139. The van der Waals surface area contributed by atoms with Gasteiger partial charge in [-0.15, -0.1) is 0 Å². The zero-order chi connectivity index (χ0) is 21.8. The van der Waals surface area contributed by atoms with E-state index >= 15 is 0 Å². The molecule has 4 nitrogen and oxygen atoms in total. The standard InChI is InChI=1S/C24H17F3N2O2/c25-24(26,27)19-9-6-17(7-10-19)21(14-28)29-20(12-16-4-2-1-3-5-16)18-8-11-22-23(13-18)31-15-30-22/h1-11,13,20H,12,15H2/b29-21+/t20-/m1/s1. The Labute approximate surface area is 177 Å². The van der Waals surface area contributed by atoms with E-state index in [1.165, 1.54) is 12.1 Å². The smallest absolute Gasteiger partial charge is 0.416 e. The molecule has 1 aliphatic rings.